The third-order valence-corrected chi connectivity index (χ3v) is 3.97. The van der Waals surface area contributed by atoms with Gasteiger partial charge in [0.15, 0.2) is 12.4 Å². The average molecular weight is 369 g/mol. The molecule has 0 saturated heterocycles. The summed E-state index contributed by atoms with van der Waals surface area (Å²) >= 11 is 0. The largest absolute Gasteiger partial charge is 0.484 e. The van der Waals surface area contributed by atoms with Crippen molar-refractivity contribution in [3.05, 3.63) is 65.7 Å². The minimum Gasteiger partial charge on any atom is -0.484 e. The zero-order valence-electron chi connectivity index (χ0n) is 15.4. The summed E-state index contributed by atoms with van der Waals surface area (Å²) in [6.45, 7) is 1.55. The molecule has 1 N–H and O–H groups in total. The first-order valence-corrected chi connectivity index (χ1v) is 8.70. The number of Topliss-reactive ketones (excluding diaryl/α,β-unsaturated/α-hetero) is 1. The quantitative estimate of drug-likeness (QED) is 0.543. The first kappa shape index (κ1) is 20.2. The highest BCUT2D eigenvalue weighted by Crippen LogP contribution is 2.13. The lowest BCUT2D eigenvalue weighted by Gasteiger charge is -2.17. The second-order valence-electron chi connectivity index (χ2n) is 5.92. The van der Waals surface area contributed by atoms with E-state index >= 15 is 0 Å². The molecule has 1 unspecified atom stereocenters. The van der Waals surface area contributed by atoms with E-state index in [0.29, 0.717) is 24.2 Å². The number of esters is 1. The van der Waals surface area contributed by atoms with Crippen molar-refractivity contribution < 1.29 is 23.9 Å². The van der Waals surface area contributed by atoms with E-state index in [2.05, 4.69) is 5.32 Å². The lowest BCUT2D eigenvalue weighted by molar-refractivity contribution is -0.145. The van der Waals surface area contributed by atoms with Crippen LogP contribution in [0.1, 0.15) is 29.3 Å². The van der Waals surface area contributed by atoms with Crippen LogP contribution in [0.15, 0.2) is 54.6 Å². The highest BCUT2D eigenvalue weighted by Gasteiger charge is 2.22. The van der Waals surface area contributed by atoms with Gasteiger partial charge in [0.05, 0.1) is 7.11 Å². The number of carbonyl (C=O) groups excluding carboxylic acids is 3. The smallest absolute Gasteiger partial charge is 0.328 e. The van der Waals surface area contributed by atoms with Gasteiger partial charge >= 0.3 is 5.97 Å². The van der Waals surface area contributed by atoms with Crippen molar-refractivity contribution in [3.8, 4) is 5.75 Å². The van der Waals surface area contributed by atoms with Crippen LogP contribution in [0.4, 0.5) is 0 Å². The highest BCUT2D eigenvalue weighted by atomic mass is 16.5. The van der Waals surface area contributed by atoms with E-state index in [1.807, 2.05) is 30.3 Å². The maximum atomic E-state index is 12.2. The van der Waals surface area contributed by atoms with Crippen LogP contribution >= 0.6 is 0 Å². The van der Waals surface area contributed by atoms with E-state index < -0.39 is 17.9 Å². The van der Waals surface area contributed by atoms with Crippen molar-refractivity contribution in [1.29, 1.82) is 0 Å². The first-order chi connectivity index (χ1) is 13.0. The summed E-state index contributed by atoms with van der Waals surface area (Å²) in [6.07, 6.45) is 0.756. The molecular weight excluding hydrogens is 346 g/mol. The second kappa shape index (κ2) is 10.1. The van der Waals surface area contributed by atoms with Gasteiger partial charge in [-0.3, -0.25) is 9.59 Å². The van der Waals surface area contributed by atoms with Gasteiger partial charge in [-0.15, -0.1) is 0 Å². The van der Waals surface area contributed by atoms with E-state index in [9.17, 15) is 14.4 Å². The van der Waals surface area contributed by atoms with Gasteiger partial charge < -0.3 is 14.8 Å². The van der Waals surface area contributed by atoms with Crippen LogP contribution < -0.4 is 10.1 Å². The van der Waals surface area contributed by atoms with Gasteiger partial charge in [0.2, 0.25) is 0 Å². The maximum absolute atomic E-state index is 12.2. The zero-order valence-corrected chi connectivity index (χ0v) is 15.4. The molecule has 2 rings (SSSR count). The minimum atomic E-state index is -0.793. The van der Waals surface area contributed by atoms with Crippen LogP contribution in [0.25, 0.3) is 0 Å². The van der Waals surface area contributed by atoms with Crippen LogP contribution in [-0.4, -0.2) is 37.4 Å². The monoisotopic (exact) mass is 369 g/mol. The number of carbonyl (C=O) groups is 3. The molecular formula is C21H23NO5. The number of benzene rings is 2. The lowest BCUT2D eigenvalue weighted by atomic mass is 10.1. The summed E-state index contributed by atoms with van der Waals surface area (Å²) in [4.78, 5) is 35.7. The molecule has 0 heterocycles. The molecule has 0 radical (unpaired) electrons. The molecule has 0 aliphatic carbocycles. The Morgan fingerprint density at radius 3 is 2.26 bits per heavy atom. The van der Waals surface area contributed by atoms with E-state index in [-0.39, 0.29) is 12.4 Å². The Bertz CT molecular complexity index is 771. The van der Waals surface area contributed by atoms with Crippen LogP contribution in [0, 0.1) is 0 Å². The number of hydrogen-bond donors (Lipinski definition) is 1. The molecule has 0 aliphatic heterocycles. The Labute approximate surface area is 158 Å². The van der Waals surface area contributed by atoms with Crippen LogP contribution in [0.5, 0.6) is 5.75 Å². The molecule has 0 bridgehead atoms. The van der Waals surface area contributed by atoms with E-state index in [1.54, 1.807) is 31.2 Å². The van der Waals surface area contributed by atoms with Crippen molar-refractivity contribution in [2.45, 2.75) is 25.8 Å². The zero-order chi connectivity index (χ0) is 19.6. The molecule has 0 aromatic heterocycles. The van der Waals surface area contributed by atoms with Gasteiger partial charge in [0, 0.05) is 18.4 Å². The number of ketones is 1. The van der Waals surface area contributed by atoms with Gasteiger partial charge in [-0.25, -0.2) is 4.79 Å². The van der Waals surface area contributed by atoms with Crippen molar-refractivity contribution in [2.75, 3.05) is 13.7 Å². The van der Waals surface area contributed by atoms with Crippen LogP contribution in [0.2, 0.25) is 0 Å². The molecule has 0 saturated carbocycles. The predicted molar refractivity (Wildman–Crippen MR) is 101 cm³/mol. The number of ether oxygens (including phenoxy) is 2. The average Bonchev–Trinajstić information content (AvgIpc) is 2.71. The number of amides is 1. The van der Waals surface area contributed by atoms with Gasteiger partial charge in [0.1, 0.15) is 11.8 Å². The molecule has 0 fully saturated rings. The van der Waals surface area contributed by atoms with Crippen molar-refractivity contribution in [1.82, 2.24) is 5.32 Å². The standard InChI is InChI=1S/C21H23NO5/c1-3-19(23)16-9-11-17(12-10-16)27-14-20(24)22-18(21(25)26-2)13-15-7-5-4-6-8-15/h4-12,18H,3,13-14H2,1-2H3,(H,22,24). The first-order valence-electron chi connectivity index (χ1n) is 8.70. The fourth-order valence-corrected chi connectivity index (χ4v) is 2.51. The Morgan fingerprint density at radius 1 is 1.00 bits per heavy atom. The Kier molecular flexibility index (Phi) is 7.55. The van der Waals surface area contributed by atoms with Crippen molar-refractivity contribution >= 4 is 17.7 Å². The number of hydrogen-bond acceptors (Lipinski definition) is 5. The van der Waals surface area contributed by atoms with E-state index in [4.69, 9.17) is 9.47 Å². The summed E-state index contributed by atoms with van der Waals surface area (Å²) in [6, 6.07) is 15.1. The predicted octanol–water partition coefficient (Wildman–Crippen LogP) is 2.56. The topological polar surface area (TPSA) is 81.7 Å². The Hall–Kier alpha value is -3.15. The molecule has 0 spiro atoms. The van der Waals surface area contributed by atoms with Gasteiger partial charge in [-0.2, -0.15) is 0 Å². The van der Waals surface area contributed by atoms with Gasteiger partial charge in [0.25, 0.3) is 5.91 Å². The summed E-state index contributed by atoms with van der Waals surface area (Å²) in [5.74, 6) is -0.443. The molecule has 6 heteroatoms. The molecule has 6 nitrogen and oxygen atoms in total. The summed E-state index contributed by atoms with van der Waals surface area (Å²) in [5.41, 5.74) is 1.51. The van der Waals surface area contributed by atoms with E-state index in [1.165, 1.54) is 7.11 Å². The third kappa shape index (κ3) is 6.26. The number of nitrogens with one attached hydrogen (secondary N) is 1. The summed E-state index contributed by atoms with van der Waals surface area (Å²) in [7, 11) is 1.28. The highest BCUT2D eigenvalue weighted by molar-refractivity contribution is 5.95. The molecule has 0 aliphatic rings. The second-order valence-corrected chi connectivity index (χ2v) is 5.92. The molecule has 1 amide bonds. The maximum Gasteiger partial charge on any atom is 0.328 e. The summed E-state index contributed by atoms with van der Waals surface area (Å²) in [5, 5.41) is 2.63. The van der Waals surface area contributed by atoms with E-state index in [0.717, 1.165) is 5.56 Å². The fraction of sp³-hybridized carbons (Fsp3) is 0.286. The number of methoxy groups -OCH3 is 1. The Balaban J connectivity index is 1.91. The minimum absolute atomic E-state index is 0.0427. The van der Waals surface area contributed by atoms with Crippen molar-refractivity contribution in [3.63, 3.8) is 0 Å². The SMILES string of the molecule is CCC(=O)c1ccc(OCC(=O)NC(Cc2ccccc2)C(=O)OC)cc1. The van der Waals surface area contributed by atoms with Crippen molar-refractivity contribution in [2.24, 2.45) is 0 Å². The number of rotatable bonds is 9. The molecule has 142 valence electrons. The summed E-state index contributed by atoms with van der Waals surface area (Å²) < 4.78 is 10.2. The molecule has 1 atom stereocenters. The normalized spacial score (nSPS) is 11.3. The van der Waals surface area contributed by atoms with Gasteiger partial charge in [-0.05, 0) is 29.8 Å². The Morgan fingerprint density at radius 2 is 1.67 bits per heavy atom. The third-order valence-electron chi connectivity index (χ3n) is 3.97. The molecule has 2 aromatic carbocycles. The fourth-order valence-electron chi connectivity index (χ4n) is 2.51. The van der Waals surface area contributed by atoms with Crippen LogP contribution in [0.3, 0.4) is 0 Å². The van der Waals surface area contributed by atoms with Gasteiger partial charge in [-0.1, -0.05) is 37.3 Å². The molecule has 2 aromatic rings. The lowest BCUT2D eigenvalue weighted by Crippen LogP contribution is -2.44. The van der Waals surface area contributed by atoms with Crippen LogP contribution in [-0.2, 0) is 20.7 Å². The molecule has 27 heavy (non-hydrogen) atoms.